The highest BCUT2D eigenvalue weighted by atomic mass is 79.9. The summed E-state index contributed by atoms with van der Waals surface area (Å²) in [5.74, 6) is 0. The minimum absolute atomic E-state index is 0.243. The molecule has 5 heteroatoms. The molecule has 1 aromatic heterocycles. The van der Waals surface area contributed by atoms with Crippen molar-refractivity contribution in [2.75, 3.05) is 19.8 Å². The molecule has 0 radical (unpaired) electrons. The van der Waals surface area contributed by atoms with E-state index >= 15 is 0 Å². The van der Waals surface area contributed by atoms with Crippen molar-refractivity contribution in [1.82, 2.24) is 10.3 Å². The maximum Gasteiger partial charge on any atom is 0.113 e. The molecule has 0 saturated carbocycles. The number of nitrogens with zero attached hydrogens (tertiary/aromatic N) is 1. The van der Waals surface area contributed by atoms with Gasteiger partial charge in [0.05, 0.1) is 24.9 Å². The van der Waals surface area contributed by atoms with E-state index in [4.69, 9.17) is 9.72 Å². The fourth-order valence-corrected chi connectivity index (χ4v) is 3.08. The Morgan fingerprint density at radius 2 is 2.17 bits per heavy atom. The van der Waals surface area contributed by atoms with Crippen LogP contribution in [0.2, 0.25) is 0 Å². The second kappa shape index (κ2) is 5.48. The number of aromatic nitrogens is 1. The lowest BCUT2D eigenvalue weighted by molar-refractivity contribution is 0.0768. The van der Waals surface area contributed by atoms with Gasteiger partial charge in [0.25, 0.3) is 0 Å². The first-order valence-corrected chi connectivity index (χ1v) is 7.53. The third-order valence-electron chi connectivity index (χ3n) is 2.88. The zero-order chi connectivity index (χ0) is 12.4. The first-order valence-electron chi connectivity index (χ1n) is 5.85. The molecule has 18 heavy (non-hydrogen) atoms. The highest BCUT2D eigenvalue weighted by Gasteiger charge is 2.18. The lowest BCUT2D eigenvalue weighted by Crippen LogP contribution is -2.34. The second-order valence-corrected chi connectivity index (χ2v) is 5.96. The van der Waals surface area contributed by atoms with Gasteiger partial charge in [-0.05, 0) is 12.1 Å². The number of morpholine rings is 1. The van der Waals surface area contributed by atoms with Crippen LogP contribution >= 0.6 is 27.3 Å². The van der Waals surface area contributed by atoms with Gasteiger partial charge in [0.15, 0.2) is 0 Å². The van der Waals surface area contributed by atoms with Gasteiger partial charge in [-0.25, -0.2) is 4.98 Å². The van der Waals surface area contributed by atoms with Gasteiger partial charge in [0, 0.05) is 22.0 Å². The number of hydrogen-bond donors (Lipinski definition) is 1. The summed E-state index contributed by atoms with van der Waals surface area (Å²) < 4.78 is 6.55. The molecule has 1 fully saturated rings. The molecule has 0 aliphatic carbocycles. The average Bonchev–Trinajstić information content (AvgIpc) is 2.90. The fraction of sp³-hybridized carbons (Fsp3) is 0.308. The Morgan fingerprint density at radius 1 is 1.33 bits per heavy atom. The van der Waals surface area contributed by atoms with Crippen molar-refractivity contribution in [2.24, 2.45) is 0 Å². The highest BCUT2D eigenvalue weighted by Crippen LogP contribution is 2.27. The van der Waals surface area contributed by atoms with Gasteiger partial charge in [0.1, 0.15) is 5.01 Å². The van der Waals surface area contributed by atoms with Crippen LogP contribution in [-0.4, -0.2) is 24.7 Å². The maximum absolute atomic E-state index is 5.47. The van der Waals surface area contributed by atoms with E-state index in [1.54, 1.807) is 11.3 Å². The quantitative estimate of drug-likeness (QED) is 0.920. The summed E-state index contributed by atoms with van der Waals surface area (Å²) in [7, 11) is 0. The Bertz CT molecular complexity index is 520. The van der Waals surface area contributed by atoms with Crippen LogP contribution in [0.5, 0.6) is 0 Å². The van der Waals surface area contributed by atoms with Crippen LogP contribution in [0.3, 0.4) is 0 Å². The summed E-state index contributed by atoms with van der Waals surface area (Å²) in [6.45, 7) is 2.41. The molecule has 1 aliphatic heterocycles. The SMILES string of the molecule is Brc1ccc(-c2csc(C3COCCN3)n2)cc1. The van der Waals surface area contributed by atoms with Crippen molar-refractivity contribution in [2.45, 2.75) is 6.04 Å². The molecule has 1 unspecified atom stereocenters. The molecule has 3 nitrogen and oxygen atoms in total. The number of rotatable bonds is 2. The summed E-state index contributed by atoms with van der Waals surface area (Å²) in [6.07, 6.45) is 0. The van der Waals surface area contributed by atoms with Crippen LogP contribution in [0.15, 0.2) is 34.1 Å². The third kappa shape index (κ3) is 2.64. The van der Waals surface area contributed by atoms with Crippen molar-refractivity contribution >= 4 is 27.3 Å². The monoisotopic (exact) mass is 324 g/mol. The molecule has 0 amide bonds. The normalized spacial score (nSPS) is 19.9. The molecule has 3 rings (SSSR count). The van der Waals surface area contributed by atoms with Gasteiger partial charge in [-0.2, -0.15) is 0 Å². The second-order valence-electron chi connectivity index (χ2n) is 4.16. The van der Waals surface area contributed by atoms with E-state index in [0.717, 1.165) is 33.9 Å². The Morgan fingerprint density at radius 3 is 2.89 bits per heavy atom. The van der Waals surface area contributed by atoms with Crippen LogP contribution in [0.25, 0.3) is 11.3 Å². The van der Waals surface area contributed by atoms with Crippen LogP contribution in [0, 0.1) is 0 Å². The van der Waals surface area contributed by atoms with Gasteiger partial charge in [0.2, 0.25) is 0 Å². The van der Waals surface area contributed by atoms with E-state index < -0.39 is 0 Å². The van der Waals surface area contributed by atoms with E-state index in [9.17, 15) is 0 Å². The average molecular weight is 325 g/mol. The fourth-order valence-electron chi connectivity index (χ4n) is 1.92. The summed E-state index contributed by atoms with van der Waals surface area (Å²) in [5, 5.41) is 6.63. The molecule has 2 aromatic rings. The van der Waals surface area contributed by atoms with Crippen molar-refractivity contribution in [3.05, 3.63) is 39.1 Å². The molecular weight excluding hydrogens is 312 g/mol. The molecule has 1 saturated heterocycles. The molecule has 0 bridgehead atoms. The summed E-state index contributed by atoms with van der Waals surface area (Å²) in [5.41, 5.74) is 2.19. The lowest BCUT2D eigenvalue weighted by Gasteiger charge is -2.21. The molecular formula is C13H13BrN2OS. The van der Waals surface area contributed by atoms with Crippen LogP contribution in [0.4, 0.5) is 0 Å². The molecule has 1 aliphatic rings. The Balaban J connectivity index is 1.82. The minimum atomic E-state index is 0.243. The Hall–Kier alpha value is -0.750. The zero-order valence-corrected chi connectivity index (χ0v) is 12.1. The van der Waals surface area contributed by atoms with E-state index in [0.29, 0.717) is 6.61 Å². The predicted molar refractivity (Wildman–Crippen MR) is 76.8 cm³/mol. The first kappa shape index (κ1) is 12.3. The number of hydrogen-bond acceptors (Lipinski definition) is 4. The third-order valence-corrected chi connectivity index (χ3v) is 4.37. The maximum atomic E-state index is 5.47. The number of ether oxygens (including phenoxy) is 1. The molecule has 2 heterocycles. The Labute approximate surface area is 118 Å². The van der Waals surface area contributed by atoms with Gasteiger partial charge in [-0.3, -0.25) is 0 Å². The topological polar surface area (TPSA) is 34.1 Å². The number of halogens is 1. The van der Waals surface area contributed by atoms with Crippen molar-refractivity contribution < 1.29 is 4.74 Å². The molecule has 1 aromatic carbocycles. The van der Waals surface area contributed by atoms with Gasteiger partial charge in [-0.1, -0.05) is 28.1 Å². The van der Waals surface area contributed by atoms with Crippen LogP contribution in [-0.2, 0) is 4.74 Å². The smallest absolute Gasteiger partial charge is 0.113 e. The summed E-state index contributed by atoms with van der Waals surface area (Å²) in [6, 6.07) is 8.47. The molecule has 94 valence electrons. The Kier molecular flexibility index (Phi) is 3.75. The molecule has 1 N–H and O–H groups in total. The highest BCUT2D eigenvalue weighted by molar-refractivity contribution is 9.10. The number of thiazole rings is 1. The van der Waals surface area contributed by atoms with Gasteiger partial charge >= 0.3 is 0 Å². The van der Waals surface area contributed by atoms with Crippen LogP contribution in [0.1, 0.15) is 11.0 Å². The summed E-state index contributed by atoms with van der Waals surface area (Å²) in [4.78, 5) is 4.69. The van der Waals surface area contributed by atoms with Gasteiger partial charge in [-0.15, -0.1) is 11.3 Å². The van der Waals surface area contributed by atoms with Crippen molar-refractivity contribution in [1.29, 1.82) is 0 Å². The van der Waals surface area contributed by atoms with Crippen LogP contribution < -0.4 is 5.32 Å². The standard InChI is InChI=1S/C13H13BrN2OS/c14-10-3-1-9(2-4-10)12-8-18-13(16-12)11-7-17-6-5-15-11/h1-4,8,11,15H,5-7H2. The first-order chi connectivity index (χ1) is 8.83. The van der Waals surface area contributed by atoms with Gasteiger partial charge < -0.3 is 10.1 Å². The number of nitrogens with one attached hydrogen (secondary N) is 1. The van der Waals surface area contributed by atoms with E-state index in [1.807, 2.05) is 12.1 Å². The number of benzene rings is 1. The summed E-state index contributed by atoms with van der Waals surface area (Å²) >= 11 is 5.13. The zero-order valence-electron chi connectivity index (χ0n) is 9.73. The molecule has 1 atom stereocenters. The minimum Gasteiger partial charge on any atom is -0.378 e. The van der Waals surface area contributed by atoms with Crippen molar-refractivity contribution in [3.8, 4) is 11.3 Å². The van der Waals surface area contributed by atoms with E-state index in [-0.39, 0.29) is 6.04 Å². The van der Waals surface area contributed by atoms with E-state index in [1.165, 1.54) is 0 Å². The lowest BCUT2D eigenvalue weighted by atomic mass is 10.2. The molecule has 0 spiro atoms. The van der Waals surface area contributed by atoms with Crippen molar-refractivity contribution in [3.63, 3.8) is 0 Å². The predicted octanol–water partition coefficient (Wildman–Crippen LogP) is 3.23. The largest absolute Gasteiger partial charge is 0.378 e. The van der Waals surface area contributed by atoms with E-state index in [2.05, 4.69) is 38.8 Å².